The van der Waals surface area contributed by atoms with Crippen LogP contribution in [0.1, 0.15) is 48.3 Å². The van der Waals surface area contributed by atoms with Gasteiger partial charge in [-0.2, -0.15) is 13.2 Å². The number of pyridine rings is 1. The molecule has 0 aliphatic carbocycles. The van der Waals surface area contributed by atoms with Crippen molar-refractivity contribution in [3.05, 3.63) is 89.6 Å². The van der Waals surface area contributed by atoms with Gasteiger partial charge in [0.2, 0.25) is 5.91 Å². The molecule has 1 aromatic heterocycles. The molecule has 2 aromatic carbocycles. The lowest BCUT2D eigenvalue weighted by Gasteiger charge is -2.36. The summed E-state index contributed by atoms with van der Waals surface area (Å²) < 4.78 is 51.5. The molecule has 4 atom stereocenters. The van der Waals surface area contributed by atoms with Gasteiger partial charge in [-0.3, -0.25) is 9.59 Å². The number of ether oxygens (including phenoxy) is 2. The van der Waals surface area contributed by atoms with E-state index >= 15 is 0 Å². The molecular formula is C30H30F3N3O5S. The van der Waals surface area contributed by atoms with E-state index in [2.05, 4.69) is 10.3 Å². The van der Waals surface area contributed by atoms with E-state index in [-0.39, 0.29) is 31.8 Å². The maximum absolute atomic E-state index is 13.0. The van der Waals surface area contributed by atoms with Crippen LogP contribution in [0.4, 0.5) is 18.9 Å². The molecule has 12 heteroatoms. The van der Waals surface area contributed by atoms with E-state index in [9.17, 15) is 27.9 Å². The lowest BCUT2D eigenvalue weighted by atomic mass is 10.0. The van der Waals surface area contributed by atoms with Crippen molar-refractivity contribution in [1.29, 1.82) is 0 Å². The second kappa shape index (κ2) is 13.2. The van der Waals surface area contributed by atoms with Crippen molar-refractivity contribution in [2.45, 2.75) is 61.6 Å². The van der Waals surface area contributed by atoms with Crippen LogP contribution in [0.15, 0.2) is 78.0 Å². The Balaban J connectivity index is 1.28. The lowest BCUT2D eigenvalue weighted by molar-refractivity contribution is -0.245. The van der Waals surface area contributed by atoms with Gasteiger partial charge in [-0.15, -0.1) is 11.8 Å². The van der Waals surface area contributed by atoms with Crippen LogP contribution >= 0.6 is 11.8 Å². The first-order valence-electron chi connectivity index (χ1n) is 13.5. The van der Waals surface area contributed by atoms with Gasteiger partial charge in [0.15, 0.2) is 6.29 Å². The van der Waals surface area contributed by atoms with Crippen molar-refractivity contribution in [3.63, 3.8) is 0 Å². The number of carbonyl (C=O) groups is 2. The highest BCUT2D eigenvalue weighted by Crippen LogP contribution is 2.39. The Bertz CT molecular complexity index is 1360. The summed E-state index contributed by atoms with van der Waals surface area (Å²) >= 11 is 1.58. The molecule has 222 valence electrons. The second-order valence-corrected chi connectivity index (χ2v) is 11.1. The van der Waals surface area contributed by atoms with E-state index < -0.39 is 30.3 Å². The molecule has 2 saturated heterocycles. The zero-order chi connectivity index (χ0) is 29.7. The molecule has 3 aromatic rings. The van der Waals surface area contributed by atoms with E-state index in [1.54, 1.807) is 42.2 Å². The number of hydrogen-bond donors (Lipinski definition) is 2. The number of amides is 2. The van der Waals surface area contributed by atoms with Gasteiger partial charge < -0.3 is 24.8 Å². The first-order chi connectivity index (χ1) is 20.2. The summed E-state index contributed by atoms with van der Waals surface area (Å²) in [7, 11) is 0. The molecule has 0 bridgehead atoms. The predicted octanol–water partition coefficient (Wildman–Crippen LogP) is 5.40. The van der Waals surface area contributed by atoms with Crippen LogP contribution in [0, 0.1) is 0 Å². The van der Waals surface area contributed by atoms with Crippen molar-refractivity contribution in [3.8, 4) is 0 Å². The first-order valence-corrected chi connectivity index (χ1v) is 14.5. The number of nitrogens with zero attached hydrogens (tertiary/aromatic N) is 2. The number of aromatic nitrogens is 1. The highest BCUT2D eigenvalue weighted by molar-refractivity contribution is 7.99. The number of halogens is 3. The van der Waals surface area contributed by atoms with Crippen LogP contribution in [0.3, 0.4) is 0 Å². The maximum atomic E-state index is 13.0. The van der Waals surface area contributed by atoms with Gasteiger partial charge >= 0.3 is 12.1 Å². The Labute approximate surface area is 245 Å². The van der Waals surface area contributed by atoms with Crippen LogP contribution in [-0.4, -0.2) is 57.4 Å². The molecule has 2 aliphatic heterocycles. The van der Waals surface area contributed by atoms with Gasteiger partial charge in [0.25, 0.3) is 0 Å². The summed E-state index contributed by atoms with van der Waals surface area (Å²) in [5.74, 6) is -2.02. The summed E-state index contributed by atoms with van der Waals surface area (Å²) in [4.78, 5) is 29.5. The first kappa shape index (κ1) is 30.0. The number of alkyl halides is 3. The molecule has 3 heterocycles. The fourth-order valence-electron chi connectivity index (χ4n) is 5.03. The van der Waals surface area contributed by atoms with Crippen molar-refractivity contribution >= 4 is 29.3 Å². The summed E-state index contributed by atoms with van der Waals surface area (Å²) in [6, 6.07) is 18.8. The number of carbonyl (C=O) groups excluding carboxylic acids is 2. The van der Waals surface area contributed by atoms with Crippen LogP contribution in [-0.2, 0) is 25.7 Å². The standard InChI is InChI=1S/C30H30F3N3O5S/c31-30(32,33)29(39)36-15-3-4-24(36)27(38)35-22-12-10-21(11-13-22)28-40-23(18-42-26-5-1-2-14-34-26)16-25(41-28)20-8-6-19(17-37)7-9-20/h1-2,5-14,23-25,28,37H,3-4,15-18H2,(H,35,38). The molecule has 2 N–H and O–H groups in total. The van der Waals surface area contributed by atoms with Crippen LogP contribution < -0.4 is 5.32 Å². The van der Waals surface area contributed by atoms with Crippen LogP contribution in [0.2, 0.25) is 0 Å². The van der Waals surface area contributed by atoms with Crippen molar-refractivity contribution < 1.29 is 37.3 Å². The lowest BCUT2D eigenvalue weighted by Crippen LogP contribution is -2.48. The van der Waals surface area contributed by atoms with E-state index in [0.717, 1.165) is 16.2 Å². The van der Waals surface area contributed by atoms with E-state index in [1.807, 2.05) is 42.5 Å². The fourth-order valence-corrected chi connectivity index (χ4v) is 5.91. The molecule has 5 rings (SSSR count). The number of nitrogens with one attached hydrogen (secondary N) is 1. The maximum Gasteiger partial charge on any atom is 0.471 e. The molecule has 4 unspecified atom stereocenters. The quantitative estimate of drug-likeness (QED) is 0.334. The summed E-state index contributed by atoms with van der Waals surface area (Å²) in [6.45, 7) is -0.170. The number of hydrogen-bond acceptors (Lipinski definition) is 7. The number of thioether (sulfide) groups is 1. The Morgan fingerprint density at radius 3 is 2.43 bits per heavy atom. The number of likely N-dealkylation sites (tertiary alicyclic amines) is 1. The average Bonchev–Trinajstić information content (AvgIpc) is 3.50. The summed E-state index contributed by atoms with van der Waals surface area (Å²) in [5.41, 5.74) is 2.83. The number of aliphatic hydroxyl groups excluding tert-OH is 1. The molecule has 2 fully saturated rings. The minimum Gasteiger partial charge on any atom is -0.392 e. The van der Waals surface area contributed by atoms with Gasteiger partial charge in [0.1, 0.15) is 6.04 Å². The minimum atomic E-state index is -5.03. The topological polar surface area (TPSA) is 101 Å². The molecular weight excluding hydrogens is 571 g/mol. The number of benzene rings is 2. The predicted molar refractivity (Wildman–Crippen MR) is 149 cm³/mol. The summed E-state index contributed by atoms with van der Waals surface area (Å²) in [5, 5.41) is 12.9. The molecule has 42 heavy (non-hydrogen) atoms. The molecule has 0 radical (unpaired) electrons. The van der Waals surface area contributed by atoms with Gasteiger partial charge in [0.05, 0.1) is 23.8 Å². The highest BCUT2D eigenvalue weighted by Gasteiger charge is 2.47. The van der Waals surface area contributed by atoms with Gasteiger partial charge in [-0.1, -0.05) is 42.5 Å². The van der Waals surface area contributed by atoms with Crippen molar-refractivity contribution in [1.82, 2.24) is 9.88 Å². The van der Waals surface area contributed by atoms with Gasteiger partial charge in [-0.05, 0) is 48.2 Å². The smallest absolute Gasteiger partial charge is 0.392 e. The number of rotatable bonds is 8. The van der Waals surface area contributed by atoms with E-state index in [1.165, 1.54) is 0 Å². The van der Waals surface area contributed by atoms with E-state index in [0.29, 0.717) is 34.7 Å². The molecule has 0 saturated carbocycles. The molecule has 2 aliphatic rings. The SMILES string of the molecule is O=C(Nc1ccc(C2OC(CSc3ccccn3)CC(c3ccc(CO)cc3)O2)cc1)C1CCCN1C(=O)C(F)(F)F. The number of anilines is 1. The van der Waals surface area contributed by atoms with E-state index in [4.69, 9.17) is 9.47 Å². The van der Waals surface area contributed by atoms with Gasteiger partial charge in [0, 0.05) is 36.2 Å². The molecule has 8 nitrogen and oxygen atoms in total. The number of aliphatic hydroxyl groups is 1. The minimum absolute atomic E-state index is 0.0544. The van der Waals surface area contributed by atoms with Gasteiger partial charge in [-0.25, -0.2) is 4.98 Å². The monoisotopic (exact) mass is 601 g/mol. The molecule has 2 amide bonds. The summed E-state index contributed by atoms with van der Waals surface area (Å²) in [6.07, 6.45) is -3.36. The van der Waals surface area contributed by atoms with Crippen molar-refractivity contribution in [2.75, 3.05) is 17.6 Å². The zero-order valence-corrected chi connectivity index (χ0v) is 23.3. The zero-order valence-electron chi connectivity index (χ0n) is 22.5. The largest absolute Gasteiger partial charge is 0.471 e. The van der Waals surface area contributed by atoms with Crippen molar-refractivity contribution in [2.24, 2.45) is 0 Å². The molecule has 0 spiro atoms. The fraction of sp³-hybridized carbons (Fsp3) is 0.367. The highest BCUT2D eigenvalue weighted by atomic mass is 32.2. The normalized spacial score (nSPS) is 22.6. The van der Waals surface area contributed by atoms with Crippen LogP contribution in [0.25, 0.3) is 0 Å². The third kappa shape index (κ3) is 7.30. The third-order valence-corrected chi connectivity index (χ3v) is 8.25. The Morgan fingerprint density at radius 1 is 1.02 bits per heavy atom. The second-order valence-electron chi connectivity index (χ2n) is 10.1. The Hall–Kier alpha value is -3.45. The average molecular weight is 602 g/mol. The third-order valence-electron chi connectivity index (χ3n) is 7.18. The Kier molecular flexibility index (Phi) is 9.47. The van der Waals surface area contributed by atoms with Crippen LogP contribution in [0.5, 0.6) is 0 Å². The Morgan fingerprint density at radius 2 is 1.76 bits per heavy atom.